The molecule has 2 saturated heterocycles. The van der Waals surface area contributed by atoms with Gasteiger partial charge in [-0.1, -0.05) is 25.8 Å². The Bertz CT molecular complexity index is 1120. The molecule has 0 saturated carbocycles. The van der Waals surface area contributed by atoms with Crippen LogP contribution in [0.4, 0.5) is 26.3 Å². The first-order chi connectivity index (χ1) is 16.5. The number of rotatable bonds is 8. The minimum atomic E-state index is -5.22. The quantitative estimate of drug-likeness (QED) is 0.224. The molecule has 2 heterocycles. The summed E-state index contributed by atoms with van der Waals surface area (Å²) in [6.07, 6.45) is -4.34. The molecule has 4 amide bonds. The second-order valence-corrected chi connectivity index (χ2v) is 7.88. The zero-order chi connectivity index (χ0) is 27.4. The van der Waals surface area contributed by atoms with Gasteiger partial charge in [-0.2, -0.15) is 22.0 Å². The van der Waals surface area contributed by atoms with Crippen LogP contribution < -0.4 is 10.6 Å². The zero-order valence-corrected chi connectivity index (χ0v) is 18.7. The summed E-state index contributed by atoms with van der Waals surface area (Å²) in [5.41, 5.74) is -1.59. The van der Waals surface area contributed by atoms with Crippen molar-refractivity contribution in [3.8, 4) is 0 Å². The van der Waals surface area contributed by atoms with Crippen molar-refractivity contribution in [3.05, 3.63) is 72.2 Å². The summed E-state index contributed by atoms with van der Waals surface area (Å²) in [6.45, 7) is 9.14. The van der Waals surface area contributed by atoms with Gasteiger partial charge >= 0.3 is 12.1 Å². The molecule has 0 aliphatic carbocycles. The number of amides is 4. The van der Waals surface area contributed by atoms with Crippen LogP contribution in [0.1, 0.15) is 12.8 Å². The molecule has 0 bridgehead atoms. The molecule has 7 nitrogen and oxygen atoms in total. The van der Waals surface area contributed by atoms with E-state index < -0.39 is 65.8 Å². The molecule has 13 heteroatoms. The Kier molecular flexibility index (Phi) is 8.49. The highest BCUT2D eigenvalue weighted by Crippen LogP contribution is 2.31. The number of likely N-dealkylation sites (tertiary alicyclic amines) is 1. The van der Waals surface area contributed by atoms with Gasteiger partial charge in [0.1, 0.15) is 11.9 Å². The van der Waals surface area contributed by atoms with E-state index in [1.807, 2.05) is 0 Å². The van der Waals surface area contributed by atoms with Crippen molar-refractivity contribution in [1.82, 2.24) is 15.5 Å². The van der Waals surface area contributed by atoms with E-state index >= 15 is 0 Å². The Morgan fingerprint density at radius 1 is 1.14 bits per heavy atom. The number of alkyl halides is 5. The van der Waals surface area contributed by atoms with E-state index in [1.54, 1.807) is 5.32 Å². The Balaban J connectivity index is 2.11. The SMILES string of the molecule is C=C(F)/C=C\C(=C\C(F)(F)F)C(F)(F)C(=O)NCC(=C)/C=C1/CN(C2CCC(=O)NC2=O)C(=O)C1=C. The summed E-state index contributed by atoms with van der Waals surface area (Å²) < 4.78 is 79.5. The number of allylic oxidation sites excluding steroid dienone is 4. The summed E-state index contributed by atoms with van der Waals surface area (Å²) in [6, 6.07) is -0.920. The van der Waals surface area contributed by atoms with Gasteiger partial charge in [-0.15, -0.1) is 0 Å². The number of carbonyl (C=O) groups is 4. The molecule has 2 aliphatic heterocycles. The van der Waals surface area contributed by atoms with E-state index in [4.69, 9.17) is 0 Å². The van der Waals surface area contributed by atoms with Crippen LogP contribution in [0.5, 0.6) is 0 Å². The van der Waals surface area contributed by atoms with Gasteiger partial charge in [0.2, 0.25) is 11.8 Å². The monoisotopic (exact) mass is 517 g/mol. The van der Waals surface area contributed by atoms with Gasteiger partial charge in [0.05, 0.1) is 0 Å². The van der Waals surface area contributed by atoms with Gasteiger partial charge in [0.15, 0.2) is 0 Å². The maximum Gasteiger partial charge on any atom is 0.410 e. The third-order valence-corrected chi connectivity index (χ3v) is 5.10. The average Bonchev–Trinajstić information content (AvgIpc) is 3.02. The lowest BCUT2D eigenvalue weighted by Gasteiger charge is -2.28. The van der Waals surface area contributed by atoms with Crippen LogP contribution in [0.25, 0.3) is 0 Å². The summed E-state index contributed by atoms with van der Waals surface area (Å²) in [5.74, 6) is -9.84. The molecule has 1 atom stereocenters. The normalized spacial score (nSPS) is 20.8. The number of hydrogen-bond donors (Lipinski definition) is 2. The first kappa shape index (κ1) is 28.3. The van der Waals surface area contributed by atoms with Crippen molar-refractivity contribution in [2.45, 2.75) is 31.0 Å². The van der Waals surface area contributed by atoms with Crippen molar-refractivity contribution in [2.24, 2.45) is 0 Å². The number of imide groups is 1. The minimum absolute atomic E-state index is 0.0118. The zero-order valence-electron chi connectivity index (χ0n) is 18.7. The van der Waals surface area contributed by atoms with Crippen molar-refractivity contribution in [1.29, 1.82) is 0 Å². The van der Waals surface area contributed by atoms with Crippen LogP contribution >= 0.6 is 0 Å². The van der Waals surface area contributed by atoms with E-state index in [2.05, 4.69) is 25.1 Å². The molecule has 194 valence electrons. The standard InChI is InChI=1S/C23H21F6N3O4/c1-12(8-15-11-32(20(35)14(15)3)17-6-7-18(33)31-19(17)34)10-30-21(36)23(28,29)16(5-4-13(2)24)9-22(25,26)27/h4-5,8-9,17H,1-3,6-7,10-11H2,(H,30,36)(H,31,33,34)/b5-4-,15-8-,16-9-. The predicted molar refractivity (Wildman–Crippen MR) is 116 cm³/mol. The van der Waals surface area contributed by atoms with Gasteiger partial charge < -0.3 is 10.2 Å². The van der Waals surface area contributed by atoms with Crippen molar-refractivity contribution in [2.75, 3.05) is 13.1 Å². The van der Waals surface area contributed by atoms with Crippen LogP contribution in [0.2, 0.25) is 0 Å². The van der Waals surface area contributed by atoms with E-state index in [9.17, 15) is 45.5 Å². The maximum atomic E-state index is 14.4. The fourth-order valence-electron chi connectivity index (χ4n) is 3.36. The van der Waals surface area contributed by atoms with Gasteiger partial charge in [0, 0.05) is 36.7 Å². The summed E-state index contributed by atoms with van der Waals surface area (Å²) in [5, 5.41) is 3.86. The van der Waals surface area contributed by atoms with Crippen LogP contribution in [0, 0.1) is 0 Å². The molecule has 2 N–H and O–H groups in total. The number of piperidine rings is 1. The van der Waals surface area contributed by atoms with Crippen molar-refractivity contribution >= 4 is 23.6 Å². The molecular formula is C23H21F6N3O4. The smallest absolute Gasteiger partial charge is 0.346 e. The highest BCUT2D eigenvalue weighted by molar-refractivity contribution is 6.06. The first-order valence-electron chi connectivity index (χ1n) is 10.2. The molecule has 0 aromatic carbocycles. The van der Waals surface area contributed by atoms with Crippen LogP contribution in [-0.2, 0) is 19.2 Å². The molecule has 0 radical (unpaired) electrons. The predicted octanol–water partition coefficient (Wildman–Crippen LogP) is 2.95. The van der Waals surface area contributed by atoms with Crippen LogP contribution in [-0.4, -0.2) is 59.8 Å². The summed E-state index contributed by atoms with van der Waals surface area (Å²) in [7, 11) is 0. The van der Waals surface area contributed by atoms with Gasteiger partial charge in [-0.3, -0.25) is 24.5 Å². The fraction of sp³-hybridized carbons (Fsp3) is 0.304. The van der Waals surface area contributed by atoms with Gasteiger partial charge in [-0.25, -0.2) is 4.39 Å². The Hall–Kier alpha value is -3.90. The van der Waals surface area contributed by atoms with Crippen LogP contribution in [0.3, 0.4) is 0 Å². The van der Waals surface area contributed by atoms with Crippen LogP contribution in [0.15, 0.2) is 72.2 Å². The Morgan fingerprint density at radius 3 is 2.33 bits per heavy atom. The fourth-order valence-corrected chi connectivity index (χ4v) is 3.36. The molecule has 2 aliphatic rings. The van der Waals surface area contributed by atoms with E-state index in [0.29, 0.717) is 0 Å². The first-order valence-corrected chi connectivity index (χ1v) is 10.2. The molecule has 36 heavy (non-hydrogen) atoms. The molecule has 0 spiro atoms. The molecule has 0 aromatic rings. The second-order valence-electron chi connectivity index (χ2n) is 7.88. The largest absolute Gasteiger partial charge is 0.410 e. The third-order valence-electron chi connectivity index (χ3n) is 5.10. The number of halogens is 6. The highest BCUT2D eigenvalue weighted by Gasteiger charge is 2.44. The van der Waals surface area contributed by atoms with E-state index in [1.165, 1.54) is 11.0 Å². The topological polar surface area (TPSA) is 95.6 Å². The molecule has 0 aromatic heterocycles. The highest BCUT2D eigenvalue weighted by atomic mass is 19.4. The van der Waals surface area contributed by atoms with E-state index in [-0.39, 0.29) is 48.3 Å². The maximum absolute atomic E-state index is 14.4. The summed E-state index contributed by atoms with van der Waals surface area (Å²) >= 11 is 0. The van der Waals surface area contributed by atoms with Gasteiger partial charge in [0.25, 0.3) is 11.8 Å². The minimum Gasteiger partial charge on any atom is -0.346 e. The molecule has 2 fully saturated rings. The molecule has 2 rings (SSSR count). The van der Waals surface area contributed by atoms with Gasteiger partial charge in [-0.05, 0) is 29.7 Å². The lowest BCUT2D eigenvalue weighted by molar-refractivity contribution is -0.142. The number of nitrogens with one attached hydrogen (secondary N) is 2. The Morgan fingerprint density at radius 2 is 1.78 bits per heavy atom. The number of carbonyl (C=O) groups excluding carboxylic acids is 4. The van der Waals surface area contributed by atoms with E-state index in [0.717, 1.165) is 0 Å². The van der Waals surface area contributed by atoms with Crippen molar-refractivity contribution < 1.29 is 45.5 Å². The third kappa shape index (κ3) is 7.06. The Labute approximate surface area is 201 Å². The lowest BCUT2D eigenvalue weighted by atomic mass is 10.0. The number of hydrogen-bond acceptors (Lipinski definition) is 4. The average molecular weight is 517 g/mol. The van der Waals surface area contributed by atoms with Crippen molar-refractivity contribution in [3.63, 3.8) is 0 Å². The molecular weight excluding hydrogens is 496 g/mol. The molecule has 1 unspecified atom stereocenters. The number of nitrogens with zero attached hydrogens (tertiary/aromatic N) is 1. The summed E-state index contributed by atoms with van der Waals surface area (Å²) in [4.78, 5) is 49.0. The second kappa shape index (κ2) is 10.8. The lowest BCUT2D eigenvalue weighted by Crippen LogP contribution is -2.52.